The highest BCUT2D eigenvalue weighted by Crippen LogP contribution is 2.37. The largest absolute Gasteiger partial charge is 0.346 e. The van der Waals surface area contributed by atoms with E-state index in [0.717, 1.165) is 41.4 Å². The highest BCUT2D eigenvalue weighted by atomic mass is 35.5. The monoisotopic (exact) mass is 469 g/mol. The summed E-state index contributed by atoms with van der Waals surface area (Å²) in [5.41, 5.74) is 3.25. The number of pyridine rings is 2. The smallest absolute Gasteiger partial charge is 0.255 e. The SMILES string of the molecule is CC1CN(C(=O)c2cc(Cl)ncc2Cl)CC=C1c1cc(N(C=O)C2CC2)nc2[nH]ccc12. The molecule has 0 spiro atoms. The van der Waals surface area contributed by atoms with Crippen LogP contribution in [-0.2, 0) is 4.79 Å². The number of rotatable bonds is 5. The van der Waals surface area contributed by atoms with Gasteiger partial charge in [-0.1, -0.05) is 36.2 Å². The summed E-state index contributed by atoms with van der Waals surface area (Å²) in [6.45, 7) is 3.06. The van der Waals surface area contributed by atoms with Crippen LogP contribution in [0.25, 0.3) is 16.6 Å². The Morgan fingerprint density at radius 2 is 2.12 bits per heavy atom. The number of amides is 2. The molecular weight excluding hydrogens is 449 g/mol. The fraction of sp³-hybridized carbons (Fsp3) is 0.304. The number of fused-ring (bicyclic) bond motifs is 1. The Hall–Kier alpha value is -2.90. The predicted octanol–water partition coefficient (Wildman–Crippen LogP) is 4.57. The third-order valence-corrected chi connectivity index (χ3v) is 6.55. The molecule has 0 radical (unpaired) electrons. The zero-order valence-electron chi connectivity index (χ0n) is 17.4. The number of carbonyl (C=O) groups excluding carboxylic acids is 2. The Labute approximate surface area is 195 Å². The average Bonchev–Trinajstić information content (AvgIpc) is 3.50. The summed E-state index contributed by atoms with van der Waals surface area (Å²) in [7, 11) is 0. The maximum absolute atomic E-state index is 13.1. The molecule has 0 bridgehead atoms. The van der Waals surface area contributed by atoms with E-state index in [-0.39, 0.29) is 28.0 Å². The second-order valence-corrected chi connectivity index (χ2v) is 9.06. The lowest BCUT2D eigenvalue weighted by molar-refractivity contribution is -0.107. The molecular formula is C23H21Cl2N5O2. The van der Waals surface area contributed by atoms with Crippen molar-refractivity contribution in [2.24, 2.45) is 5.92 Å². The number of aromatic nitrogens is 3. The first-order chi connectivity index (χ1) is 15.5. The van der Waals surface area contributed by atoms with Crippen LogP contribution >= 0.6 is 23.2 Å². The van der Waals surface area contributed by atoms with Gasteiger partial charge in [-0.05, 0) is 48.1 Å². The van der Waals surface area contributed by atoms with Crippen molar-refractivity contribution in [2.45, 2.75) is 25.8 Å². The third kappa shape index (κ3) is 3.76. The second-order valence-electron chi connectivity index (χ2n) is 8.27. The summed E-state index contributed by atoms with van der Waals surface area (Å²) in [4.78, 5) is 40.0. The molecule has 5 rings (SSSR count). The molecule has 0 aromatic carbocycles. The van der Waals surface area contributed by atoms with E-state index in [1.165, 1.54) is 12.3 Å². The maximum Gasteiger partial charge on any atom is 0.255 e. The predicted molar refractivity (Wildman–Crippen MR) is 125 cm³/mol. The van der Waals surface area contributed by atoms with Gasteiger partial charge in [0, 0.05) is 36.9 Å². The van der Waals surface area contributed by atoms with E-state index in [1.54, 1.807) is 9.80 Å². The molecule has 1 saturated carbocycles. The van der Waals surface area contributed by atoms with Crippen molar-refractivity contribution >= 4 is 57.9 Å². The average molecular weight is 470 g/mol. The van der Waals surface area contributed by atoms with Gasteiger partial charge in [-0.2, -0.15) is 0 Å². The van der Waals surface area contributed by atoms with E-state index in [0.29, 0.717) is 24.5 Å². The fourth-order valence-electron chi connectivity index (χ4n) is 4.28. The lowest BCUT2D eigenvalue weighted by Gasteiger charge is -2.32. The zero-order chi connectivity index (χ0) is 22.4. The number of nitrogens with zero attached hydrogens (tertiary/aromatic N) is 4. The Morgan fingerprint density at radius 3 is 2.84 bits per heavy atom. The Morgan fingerprint density at radius 1 is 1.31 bits per heavy atom. The van der Waals surface area contributed by atoms with Crippen LogP contribution < -0.4 is 4.90 Å². The lowest BCUT2D eigenvalue weighted by Crippen LogP contribution is -2.38. The van der Waals surface area contributed by atoms with E-state index in [9.17, 15) is 9.59 Å². The van der Waals surface area contributed by atoms with Gasteiger partial charge in [-0.25, -0.2) is 9.97 Å². The first-order valence-corrected chi connectivity index (χ1v) is 11.2. The van der Waals surface area contributed by atoms with Crippen LogP contribution in [0, 0.1) is 5.92 Å². The van der Waals surface area contributed by atoms with E-state index in [2.05, 4.69) is 28.0 Å². The van der Waals surface area contributed by atoms with Gasteiger partial charge in [-0.3, -0.25) is 14.5 Å². The van der Waals surface area contributed by atoms with E-state index in [4.69, 9.17) is 23.2 Å². The molecule has 3 aromatic rings. The summed E-state index contributed by atoms with van der Waals surface area (Å²) in [5.74, 6) is 0.546. The van der Waals surface area contributed by atoms with Crippen LogP contribution in [0.15, 0.2) is 36.7 Å². The quantitative estimate of drug-likeness (QED) is 0.438. The molecule has 1 fully saturated rings. The minimum absolute atomic E-state index is 0.0720. The lowest BCUT2D eigenvalue weighted by atomic mass is 9.89. The minimum atomic E-state index is -0.176. The normalized spacial score (nSPS) is 18.5. The molecule has 1 N–H and O–H groups in total. The summed E-state index contributed by atoms with van der Waals surface area (Å²) in [6, 6.07) is 5.71. The summed E-state index contributed by atoms with van der Waals surface area (Å²) >= 11 is 12.2. The highest BCUT2D eigenvalue weighted by Gasteiger charge is 2.32. The van der Waals surface area contributed by atoms with Crippen LogP contribution in [0.3, 0.4) is 0 Å². The maximum atomic E-state index is 13.1. The van der Waals surface area contributed by atoms with Gasteiger partial charge in [-0.15, -0.1) is 0 Å². The van der Waals surface area contributed by atoms with E-state index >= 15 is 0 Å². The summed E-state index contributed by atoms with van der Waals surface area (Å²) < 4.78 is 0. The summed E-state index contributed by atoms with van der Waals surface area (Å²) in [5, 5.41) is 1.51. The van der Waals surface area contributed by atoms with Crippen molar-refractivity contribution < 1.29 is 9.59 Å². The van der Waals surface area contributed by atoms with E-state index in [1.807, 2.05) is 18.3 Å². The van der Waals surface area contributed by atoms with Gasteiger partial charge in [0.2, 0.25) is 6.41 Å². The highest BCUT2D eigenvalue weighted by molar-refractivity contribution is 6.35. The van der Waals surface area contributed by atoms with Gasteiger partial charge in [0.15, 0.2) is 0 Å². The number of nitrogens with one attached hydrogen (secondary N) is 1. The van der Waals surface area contributed by atoms with Gasteiger partial charge in [0.25, 0.3) is 5.91 Å². The van der Waals surface area contributed by atoms with Crippen molar-refractivity contribution in [3.05, 3.63) is 58.0 Å². The molecule has 9 heteroatoms. The molecule has 1 aliphatic carbocycles. The molecule has 2 aliphatic rings. The number of aromatic amines is 1. The molecule has 4 heterocycles. The number of hydrogen-bond acceptors (Lipinski definition) is 4. The topological polar surface area (TPSA) is 82.2 Å². The van der Waals surface area contributed by atoms with Crippen LogP contribution in [0.5, 0.6) is 0 Å². The standard InChI is InChI=1S/C23H21Cl2N5O2/c1-13-11-29(23(32)18-8-20(25)27-10-19(18)24)7-5-15(13)17-9-21(30(12-31)14-2-3-14)28-22-16(17)4-6-26-22/h4-6,8-10,12-14H,2-3,7,11H2,1H3,(H,26,28). The van der Waals surface area contributed by atoms with Crippen molar-refractivity contribution in [3.63, 3.8) is 0 Å². The van der Waals surface area contributed by atoms with Crippen molar-refractivity contribution in [2.75, 3.05) is 18.0 Å². The Kier molecular flexibility index (Phi) is 5.39. The van der Waals surface area contributed by atoms with Crippen molar-refractivity contribution in [3.8, 4) is 0 Å². The van der Waals surface area contributed by atoms with Crippen molar-refractivity contribution in [1.82, 2.24) is 19.9 Å². The zero-order valence-corrected chi connectivity index (χ0v) is 18.9. The summed E-state index contributed by atoms with van der Waals surface area (Å²) in [6.07, 6.45) is 8.17. The molecule has 164 valence electrons. The van der Waals surface area contributed by atoms with Gasteiger partial charge >= 0.3 is 0 Å². The number of H-pyrrole nitrogens is 1. The van der Waals surface area contributed by atoms with Gasteiger partial charge < -0.3 is 9.88 Å². The molecule has 0 saturated heterocycles. The van der Waals surface area contributed by atoms with Gasteiger partial charge in [0.05, 0.1) is 10.6 Å². The number of hydrogen-bond donors (Lipinski definition) is 1. The first-order valence-electron chi connectivity index (χ1n) is 10.5. The molecule has 1 aliphatic heterocycles. The van der Waals surface area contributed by atoms with Crippen LogP contribution in [0.4, 0.5) is 5.82 Å². The number of halogens is 2. The Balaban J connectivity index is 1.49. The minimum Gasteiger partial charge on any atom is -0.346 e. The molecule has 32 heavy (non-hydrogen) atoms. The number of anilines is 1. The fourth-order valence-corrected chi connectivity index (χ4v) is 4.62. The Bertz CT molecular complexity index is 1250. The molecule has 1 unspecified atom stereocenters. The van der Waals surface area contributed by atoms with Crippen LogP contribution in [0.2, 0.25) is 10.2 Å². The van der Waals surface area contributed by atoms with E-state index < -0.39 is 0 Å². The number of carbonyl (C=O) groups is 2. The van der Waals surface area contributed by atoms with Crippen LogP contribution in [-0.4, -0.2) is 51.3 Å². The molecule has 1 atom stereocenters. The molecule has 7 nitrogen and oxygen atoms in total. The third-order valence-electron chi connectivity index (χ3n) is 6.04. The molecule has 3 aromatic heterocycles. The second kappa shape index (κ2) is 8.22. The first kappa shape index (κ1) is 21.0. The van der Waals surface area contributed by atoms with Crippen LogP contribution in [0.1, 0.15) is 35.7 Å². The van der Waals surface area contributed by atoms with Crippen molar-refractivity contribution in [1.29, 1.82) is 0 Å². The molecule has 2 amide bonds. The van der Waals surface area contributed by atoms with Gasteiger partial charge in [0.1, 0.15) is 16.6 Å².